The number of carbonyl (C=O) groups is 1. The Morgan fingerprint density at radius 1 is 1.35 bits per heavy atom. The predicted octanol–water partition coefficient (Wildman–Crippen LogP) is 2.24. The van der Waals surface area contributed by atoms with Gasteiger partial charge in [-0.1, -0.05) is 6.07 Å². The van der Waals surface area contributed by atoms with Crippen LogP contribution in [0.5, 0.6) is 0 Å². The summed E-state index contributed by atoms with van der Waals surface area (Å²) >= 11 is 0. The monoisotopic (exact) mass is 228 g/mol. The number of aryl methyl sites for hydroxylation is 1. The minimum Gasteiger partial charge on any atom is -0.464 e. The van der Waals surface area contributed by atoms with Gasteiger partial charge in [0.15, 0.2) is 0 Å². The molecule has 0 unspecified atom stereocenters. The lowest BCUT2D eigenvalue weighted by molar-refractivity contribution is 0.0594. The van der Waals surface area contributed by atoms with E-state index in [1.54, 1.807) is 24.7 Å². The Labute approximate surface area is 99.3 Å². The number of nitrogens with zero attached hydrogens (tertiary/aromatic N) is 2. The van der Waals surface area contributed by atoms with Crippen molar-refractivity contribution in [1.82, 2.24) is 9.97 Å². The first-order chi connectivity index (χ1) is 8.22. The maximum atomic E-state index is 11.3. The molecular weight excluding hydrogens is 216 g/mol. The van der Waals surface area contributed by atoms with Gasteiger partial charge in [-0.3, -0.25) is 4.98 Å². The molecule has 0 fully saturated rings. The SMILES string of the molecule is COC(=O)c1cc(C)c(-c2cccnc2)cn1. The lowest BCUT2D eigenvalue weighted by Crippen LogP contribution is -2.04. The molecular formula is C13H12N2O2. The van der Waals surface area contributed by atoms with Gasteiger partial charge in [0.25, 0.3) is 0 Å². The number of ether oxygens (including phenoxy) is 1. The quantitative estimate of drug-likeness (QED) is 0.740. The smallest absolute Gasteiger partial charge is 0.356 e. The van der Waals surface area contributed by atoms with E-state index in [2.05, 4.69) is 14.7 Å². The fourth-order valence-corrected chi connectivity index (χ4v) is 1.60. The summed E-state index contributed by atoms with van der Waals surface area (Å²) in [5.74, 6) is -0.425. The third-order valence-electron chi connectivity index (χ3n) is 2.48. The van der Waals surface area contributed by atoms with Crippen LogP contribution in [0.2, 0.25) is 0 Å². The summed E-state index contributed by atoms with van der Waals surface area (Å²) in [6, 6.07) is 5.53. The zero-order valence-corrected chi connectivity index (χ0v) is 9.68. The normalized spacial score (nSPS) is 10.0. The maximum absolute atomic E-state index is 11.3. The third-order valence-corrected chi connectivity index (χ3v) is 2.48. The molecule has 2 heterocycles. The van der Waals surface area contributed by atoms with Crippen LogP contribution in [0.3, 0.4) is 0 Å². The summed E-state index contributed by atoms with van der Waals surface area (Å²) in [4.78, 5) is 19.5. The molecule has 17 heavy (non-hydrogen) atoms. The average molecular weight is 228 g/mol. The standard InChI is InChI=1S/C13H12N2O2/c1-9-6-12(13(16)17-2)15-8-11(9)10-4-3-5-14-7-10/h3-8H,1-2H3. The molecule has 86 valence electrons. The van der Waals surface area contributed by atoms with Crippen molar-refractivity contribution in [3.8, 4) is 11.1 Å². The number of carbonyl (C=O) groups excluding carboxylic acids is 1. The Kier molecular flexibility index (Phi) is 3.14. The van der Waals surface area contributed by atoms with Crippen molar-refractivity contribution in [2.24, 2.45) is 0 Å². The topological polar surface area (TPSA) is 52.1 Å². The largest absolute Gasteiger partial charge is 0.464 e. The van der Waals surface area contributed by atoms with Gasteiger partial charge in [0.05, 0.1) is 7.11 Å². The van der Waals surface area contributed by atoms with E-state index in [1.165, 1.54) is 7.11 Å². The maximum Gasteiger partial charge on any atom is 0.356 e. The average Bonchev–Trinajstić information content (AvgIpc) is 2.38. The highest BCUT2D eigenvalue weighted by molar-refractivity contribution is 5.88. The summed E-state index contributed by atoms with van der Waals surface area (Å²) in [6.07, 6.45) is 5.15. The van der Waals surface area contributed by atoms with Crippen LogP contribution in [-0.4, -0.2) is 23.0 Å². The Morgan fingerprint density at radius 2 is 2.18 bits per heavy atom. The molecule has 2 aromatic heterocycles. The van der Waals surface area contributed by atoms with Gasteiger partial charge < -0.3 is 4.74 Å². The minimum atomic E-state index is -0.425. The molecule has 0 aliphatic rings. The van der Waals surface area contributed by atoms with Crippen molar-refractivity contribution >= 4 is 5.97 Å². The minimum absolute atomic E-state index is 0.317. The van der Waals surface area contributed by atoms with Gasteiger partial charge in [0.1, 0.15) is 5.69 Å². The molecule has 4 nitrogen and oxygen atoms in total. The molecule has 4 heteroatoms. The summed E-state index contributed by atoms with van der Waals surface area (Å²) in [7, 11) is 1.34. The second-order valence-corrected chi connectivity index (χ2v) is 3.62. The first kappa shape index (κ1) is 11.3. The van der Waals surface area contributed by atoms with E-state index in [1.807, 2.05) is 19.1 Å². The van der Waals surface area contributed by atoms with Crippen LogP contribution in [0.15, 0.2) is 36.8 Å². The Bertz CT molecular complexity index is 538. The van der Waals surface area contributed by atoms with Gasteiger partial charge in [0.2, 0.25) is 0 Å². The lowest BCUT2D eigenvalue weighted by Gasteiger charge is -2.06. The van der Waals surface area contributed by atoms with Gasteiger partial charge in [-0.25, -0.2) is 9.78 Å². The van der Waals surface area contributed by atoms with E-state index in [0.29, 0.717) is 5.69 Å². The van der Waals surface area contributed by atoms with E-state index >= 15 is 0 Å². The second kappa shape index (κ2) is 4.74. The molecule has 0 aromatic carbocycles. The molecule has 0 amide bonds. The van der Waals surface area contributed by atoms with Crippen molar-refractivity contribution in [2.45, 2.75) is 6.92 Å². The number of hydrogen-bond acceptors (Lipinski definition) is 4. The Balaban J connectivity index is 2.42. The third kappa shape index (κ3) is 2.30. The van der Waals surface area contributed by atoms with Gasteiger partial charge >= 0.3 is 5.97 Å². The highest BCUT2D eigenvalue weighted by Gasteiger charge is 2.10. The lowest BCUT2D eigenvalue weighted by atomic mass is 10.0. The summed E-state index contributed by atoms with van der Waals surface area (Å²) in [5.41, 5.74) is 3.23. The molecule has 0 saturated carbocycles. The zero-order valence-electron chi connectivity index (χ0n) is 9.68. The van der Waals surface area contributed by atoms with Gasteiger partial charge in [-0.05, 0) is 24.6 Å². The molecule has 0 aliphatic heterocycles. The summed E-state index contributed by atoms with van der Waals surface area (Å²) in [6.45, 7) is 1.93. The number of aromatic nitrogens is 2. The molecule has 0 bridgehead atoms. The van der Waals surface area contributed by atoms with Crippen molar-refractivity contribution in [3.05, 3.63) is 48.0 Å². The van der Waals surface area contributed by atoms with E-state index < -0.39 is 5.97 Å². The number of pyridine rings is 2. The number of hydrogen-bond donors (Lipinski definition) is 0. The zero-order chi connectivity index (χ0) is 12.3. The molecule has 0 atom stereocenters. The van der Waals surface area contributed by atoms with Crippen LogP contribution in [0.4, 0.5) is 0 Å². The van der Waals surface area contributed by atoms with E-state index in [-0.39, 0.29) is 0 Å². The Hall–Kier alpha value is -2.23. The molecule has 2 rings (SSSR count). The van der Waals surface area contributed by atoms with Crippen LogP contribution in [0.25, 0.3) is 11.1 Å². The fraction of sp³-hybridized carbons (Fsp3) is 0.154. The summed E-state index contributed by atoms with van der Waals surface area (Å²) < 4.78 is 4.62. The molecule has 2 aromatic rings. The van der Waals surface area contributed by atoms with Crippen molar-refractivity contribution in [3.63, 3.8) is 0 Å². The van der Waals surface area contributed by atoms with Crippen molar-refractivity contribution in [1.29, 1.82) is 0 Å². The molecule has 0 N–H and O–H groups in total. The van der Waals surface area contributed by atoms with Gasteiger partial charge in [0, 0.05) is 29.7 Å². The van der Waals surface area contributed by atoms with Crippen LogP contribution >= 0.6 is 0 Å². The Morgan fingerprint density at radius 3 is 2.76 bits per heavy atom. The second-order valence-electron chi connectivity index (χ2n) is 3.62. The first-order valence-corrected chi connectivity index (χ1v) is 5.17. The van der Waals surface area contributed by atoms with E-state index in [9.17, 15) is 4.79 Å². The first-order valence-electron chi connectivity index (χ1n) is 5.17. The number of rotatable bonds is 2. The van der Waals surface area contributed by atoms with Gasteiger partial charge in [-0.2, -0.15) is 0 Å². The van der Waals surface area contributed by atoms with Crippen LogP contribution in [0, 0.1) is 6.92 Å². The predicted molar refractivity (Wildman–Crippen MR) is 63.5 cm³/mol. The van der Waals surface area contributed by atoms with Crippen molar-refractivity contribution in [2.75, 3.05) is 7.11 Å². The highest BCUT2D eigenvalue weighted by Crippen LogP contribution is 2.21. The fourth-order valence-electron chi connectivity index (χ4n) is 1.60. The molecule has 0 spiro atoms. The van der Waals surface area contributed by atoms with Crippen LogP contribution < -0.4 is 0 Å². The van der Waals surface area contributed by atoms with Crippen molar-refractivity contribution < 1.29 is 9.53 Å². The number of methoxy groups -OCH3 is 1. The van der Waals surface area contributed by atoms with E-state index in [4.69, 9.17) is 0 Å². The number of esters is 1. The summed E-state index contributed by atoms with van der Waals surface area (Å²) in [5, 5.41) is 0. The molecule has 0 aliphatic carbocycles. The highest BCUT2D eigenvalue weighted by atomic mass is 16.5. The van der Waals surface area contributed by atoms with Gasteiger partial charge in [-0.15, -0.1) is 0 Å². The molecule has 0 saturated heterocycles. The van der Waals surface area contributed by atoms with Crippen LogP contribution in [-0.2, 0) is 4.74 Å². The van der Waals surface area contributed by atoms with Crippen LogP contribution in [0.1, 0.15) is 16.1 Å². The molecule has 0 radical (unpaired) electrons. The van der Waals surface area contributed by atoms with E-state index in [0.717, 1.165) is 16.7 Å².